The topological polar surface area (TPSA) is 12.5 Å². The molecule has 0 radical (unpaired) electrons. The molecule has 0 unspecified atom stereocenters. The number of ether oxygens (including phenoxy) is 1. The summed E-state index contributed by atoms with van der Waals surface area (Å²) in [5.74, 6) is -0.505. The van der Waals surface area contributed by atoms with E-state index in [4.69, 9.17) is 4.74 Å². The number of alkyl halides is 2. The summed E-state index contributed by atoms with van der Waals surface area (Å²) in [6, 6.07) is -0.102. The van der Waals surface area contributed by atoms with Crippen molar-refractivity contribution in [3.8, 4) is 0 Å². The van der Waals surface area contributed by atoms with Crippen molar-refractivity contribution in [2.45, 2.75) is 18.9 Å². The molecule has 4 heteroatoms. The lowest BCUT2D eigenvalue weighted by Gasteiger charge is -2.23. The van der Waals surface area contributed by atoms with Gasteiger partial charge in [-0.25, -0.2) is 8.78 Å². The summed E-state index contributed by atoms with van der Waals surface area (Å²) >= 11 is 0. The molecule has 0 N–H and O–H groups in total. The maximum atomic E-state index is 12.4. The summed E-state index contributed by atoms with van der Waals surface area (Å²) in [6.45, 7) is 1.16. The summed E-state index contributed by atoms with van der Waals surface area (Å²) in [5, 5.41) is 0. The molecule has 1 aliphatic rings. The fourth-order valence-electron chi connectivity index (χ4n) is 1.75. The van der Waals surface area contributed by atoms with Crippen LogP contribution in [0.25, 0.3) is 0 Å². The Morgan fingerprint density at radius 1 is 1.58 bits per heavy atom. The molecule has 1 fully saturated rings. The molecule has 1 saturated heterocycles. The molecule has 72 valence electrons. The van der Waals surface area contributed by atoms with Crippen LogP contribution in [0.5, 0.6) is 0 Å². The van der Waals surface area contributed by atoms with Crippen molar-refractivity contribution in [3.63, 3.8) is 0 Å². The van der Waals surface area contributed by atoms with E-state index in [0.29, 0.717) is 13.0 Å². The number of nitrogens with zero attached hydrogens (tertiary/aromatic N) is 1. The molecule has 2 atom stereocenters. The second-order valence-corrected chi connectivity index (χ2v) is 3.29. The van der Waals surface area contributed by atoms with Crippen LogP contribution in [0.2, 0.25) is 0 Å². The monoisotopic (exact) mass is 179 g/mol. The van der Waals surface area contributed by atoms with E-state index in [-0.39, 0.29) is 6.04 Å². The SMILES string of the molecule is COC[C@@H]1[C@@H](C(F)F)CCN1C. The largest absolute Gasteiger partial charge is 0.383 e. The fourth-order valence-corrected chi connectivity index (χ4v) is 1.75. The number of likely N-dealkylation sites (N-methyl/N-ethyl adjacent to an activating group) is 1. The fraction of sp³-hybridized carbons (Fsp3) is 1.00. The third-order valence-corrected chi connectivity index (χ3v) is 2.54. The average Bonchev–Trinajstić information content (AvgIpc) is 2.34. The van der Waals surface area contributed by atoms with E-state index >= 15 is 0 Å². The summed E-state index contributed by atoms with van der Waals surface area (Å²) in [4.78, 5) is 1.94. The van der Waals surface area contributed by atoms with Crippen LogP contribution in [0.1, 0.15) is 6.42 Å². The van der Waals surface area contributed by atoms with E-state index in [0.717, 1.165) is 6.54 Å². The van der Waals surface area contributed by atoms with Crippen molar-refractivity contribution < 1.29 is 13.5 Å². The van der Waals surface area contributed by atoms with Gasteiger partial charge < -0.3 is 9.64 Å². The van der Waals surface area contributed by atoms with Crippen molar-refractivity contribution in [1.29, 1.82) is 0 Å². The highest BCUT2D eigenvalue weighted by atomic mass is 19.3. The summed E-state index contributed by atoms with van der Waals surface area (Å²) < 4.78 is 29.7. The van der Waals surface area contributed by atoms with Gasteiger partial charge in [-0.1, -0.05) is 0 Å². The van der Waals surface area contributed by atoms with E-state index in [9.17, 15) is 8.78 Å². The van der Waals surface area contributed by atoms with Gasteiger partial charge in [0.05, 0.1) is 6.61 Å². The first-order valence-electron chi connectivity index (χ1n) is 4.14. The molecule has 2 nitrogen and oxygen atoms in total. The van der Waals surface area contributed by atoms with Gasteiger partial charge in [-0.2, -0.15) is 0 Å². The molecule has 0 aromatic carbocycles. The average molecular weight is 179 g/mol. The van der Waals surface area contributed by atoms with E-state index in [1.54, 1.807) is 7.11 Å². The number of hydrogen-bond donors (Lipinski definition) is 0. The normalized spacial score (nSPS) is 31.8. The van der Waals surface area contributed by atoms with Gasteiger partial charge in [0.1, 0.15) is 0 Å². The van der Waals surface area contributed by atoms with E-state index in [1.807, 2.05) is 11.9 Å². The highest BCUT2D eigenvalue weighted by molar-refractivity contribution is 4.86. The molecule has 0 aliphatic carbocycles. The van der Waals surface area contributed by atoms with Crippen LogP contribution in [0.4, 0.5) is 8.78 Å². The molecule has 1 rings (SSSR count). The standard InChI is InChI=1S/C8H15F2NO/c1-11-4-3-6(8(9)10)7(11)5-12-2/h6-8H,3-5H2,1-2H3/t6-,7+/m0/s1. The van der Waals surface area contributed by atoms with Gasteiger partial charge in [0.25, 0.3) is 0 Å². The Bertz CT molecular complexity index is 143. The zero-order valence-corrected chi connectivity index (χ0v) is 7.46. The minimum absolute atomic E-state index is 0.102. The highest BCUT2D eigenvalue weighted by Gasteiger charge is 2.37. The Labute approximate surface area is 71.5 Å². The smallest absolute Gasteiger partial charge is 0.243 e. The quantitative estimate of drug-likeness (QED) is 0.646. The van der Waals surface area contributed by atoms with Crippen LogP contribution in [0.15, 0.2) is 0 Å². The first kappa shape index (κ1) is 9.86. The molecular formula is C8H15F2NO. The predicted octanol–water partition coefficient (Wildman–Crippen LogP) is 1.22. The van der Waals surface area contributed by atoms with Crippen LogP contribution in [0.3, 0.4) is 0 Å². The molecule has 0 spiro atoms. The number of likely N-dealkylation sites (tertiary alicyclic amines) is 1. The van der Waals surface area contributed by atoms with Crippen LogP contribution in [-0.4, -0.2) is 44.7 Å². The highest BCUT2D eigenvalue weighted by Crippen LogP contribution is 2.28. The Kier molecular flexibility index (Phi) is 3.40. The van der Waals surface area contributed by atoms with Gasteiger partial charge in [-0.15, -0.1) is 0 Å². The molecule has 12 heavy (non-hydrogen) atoms. The van der Waals surface area contributed by atoms with Crippen LogP contribution >= 0.6 is 0 Å². The molecule has 1 aliphatic heterocycles. The molecule has 0 aromatic heterocycles. The van der Waals surface area contributed by atoms with Gasteiger partial charge >= 0.3 is 0 Å². The minimum Gasteiger partial charge on any atom is -0.383 e. The van der Waals surface area contributed by atoms with Gasteiger partial charge in [0.2, 0.25) is 6.43 Å². The zero-order valence-electron chi connectivity index (χ0n) is 7.46. The van der Waals surface area contributed by atoms with Crippen molar-refractivity contribution in [2.75, 3.05) is 27.3 Å². The maximum Gasteiger partial charge on any atom is 0.243 e. The molecule has 0 saturated carbocycles. The van der Waals surface area contributed by atoms with Crippen LogP contribution < -0.4 is 0 Å². The molecule has 0 amide bonds. The number of methoxy groups -OCH3 is 1. The summed E-state index contributed by atoms with van der Waals surface area (Å²) in [6.07, 6.45) is -1.63. The molecular weight excluding hydrogens is 164 g/mol. The second-order valence-electron chi connectivity index (χ2n) is 3.29. The van der Waals surface area contributed by atoms with E-state index in [2.05, 4.69) is 0 Å². The third-order valence-electron chi connectivity index (χ3n) is 2.54. The lowest BCUT2D eigenvalue weighted by atomic mass is 10.0. The second kappa shape index (κ2) is 4.14. The Morgan fingerprint density at radius 2 is 2.25 bits per heavy atom. The third kappa shape index (κ3) is 1.93. The number of rotatable bonds is 3. The predicted molar refractivity (Wildman–Crippen MR) is 42.4 cm³/mol. The molecule has 0 bridgehead atoms. The van der Waals surface area contributed by atoms with Crippen molar-refractivity contribution >= 4 is 0 Å². The minimum atomic E-state index is -2.21. The summed E-state index contributed by atoms with van der Waals surface area (Å²) in [7, 11) is 3.42. The van der Waals surface area contributed by atoms with E-state index in [1.165, 1.54) is 0 Å². The van der Waals surface area contributed by atoms with E-state index < -0.39 is 12.3 Å². The van der Waals surface area contributed by atoms with Crippen LogP contribution in [0, 0.1) is 5.92 Å². The first-order valence-corrected chi connectivity index (χ1v) is 4.14. The van der Waals surface area contributed by atoms with Crippen molar-refractivity contribution in [2.24, 2.45) is 5.92 Å². The van der Waals surface area contributed by atoms with Crippen molar-refractivity contribution in [1.82, 2.24) is 4.90 Å². The first-order chi connectivity index (χ1) is 5.66. The number of hydrogen-bond acceptors (Lipinski definition) is 2. The number of halogens is 2. The van der Waals surface area contributed by atoms with Crippen LogP contribution in [-0.2, 0) is 4.74 Å². The van der Waals surface area contributed by atoms with Gasteiger partial charge in [0, 0.05) is 19.1 Å². The maximum absolute atomic E-state index is 12.4. The Balaban J connectivity index is 2.51. The zero-order chi connectivity index (χ0) is 9.14. The molecule has 1 heterocycles. The molecule has 0 aromatic rings. The summed E-state index contributed by atoms with van der Waals surface area (Å²) in [5.41, 5.74) is 0. The lowest BCUT2D eigenvalue weighted by Crippen LogP contribution is -2.36. The van der Waals surface area contributed by atoms with Gasteiger partial charge in [-0.3, -0.25) is 0 Å². The van der Waals surface area contributed by atoms with Gasteiger partial charge in [-0.05, 0) is 20.0 Å². The van der Waals surface area contributed by atoms with Gasteiger partial charge in [0.15, 0.2) is 0 Å². The Morgan fingerprint density at radius 3 is 2.75 bits per heavy atom. The van der Waals surface area contributed by atoms with Crippen molar-refractivity contribution in [3.05, 3.63) is 0 Å². The lowest BCUT2D eigenvalue weighted by molar-refractivity contribution is 0.0278. The Hall–Kier alpha value is -0.220.